The van der Waals surface area contributed by atoms with Crippen molar-refractivity contribution >= 4 is 0 Å². The van der Waals surface area contributed by atoms with E-state index in [1.54, 1.807) is 0 Å². The van der Waals surface area contributed by atoms with Gasteiger partial charge in [0.25, 0.3) is 0 Å². The first-order chi connectivity index (χ1) is 8.68. The highest BCUT2D eigenvalue weighted by molar-refractivity contribution is 5.57. The predicted octanol–water partition coefficient (Wildman–Crippen LogP) is 4.76. The first-order valence-corrected chi connectivity index (χ1v) is 6.73. The van der Waals surface area contributed by atoms with Crippen molar-refractivity contribution in [2.75, 3.05) is 0 Å². The Balaban J connectivity index is 0.000000659. The van der Waals surface area contributed by atoms with E-state index in [0.29, 0.717) is 0 Å². The van der Waals surface area contributed by atoms with Crippen LogP contribution in [-0.2, 0) is 7.05 Å². The molecule has 0 amide bonds. The lowest BCUT2D eigenvalue weighted by Crippen LogP contribution is -1.92. The Kier molecular flexibility index (Phi) is 7.77. The third-order valence-electron chi connectivity index (χ3n) is 2.59. The normalized spacial score (nSPS) is 8.83. The summed E-state index contributed by atoms with van der Waals surface area (Å²) in [6, 6.07) is 6.43. The number of rotatable bonds is 1. The zero-order valence-corrected chi connectivity index (χ0v) is 12.8. The van der Waals surface area contributed by atoms with Gasteiger partial charge in [-0.15, -0.1) is 0 Å². The van der Waals surface area contributed by atoms with Crippen molar-refractivity contribution in [3.8, 4) is 11.4 Å². The molecule has 0 N–H and O–H groups in total. The lowest BCUT2D eigenvalue weighted by molar-refractivity contribution is 0.924. The maximum atomic E-state index is 4.32. The van der Waals surface area contributed by atoms with Crippen LogP contribution in [0.25, 0.3) is 11.4 Å². The van der Waals surface area contributed by atoms with E-state index in [-0.39, 0.29) is 0 Å². The van der Waals surface area contributed by atoms with Crippen molar-refractivity contribution < 1.29 is 0 Å². The van der Waals surface area contributed by atoms with E-state index in [0.717, 1.165) is 5.82 Å². The number of aryl methyl sites for hydroxylation is 3. The second-order valence-electron chi connectivity index (χ2n) is 3.66. The molecule has 1 heterocycles. The highest BCUT2D eigenvalue weighted by atomic mass is 15.0. The lowest BCUT2D eigenvalue weighted by Gasteiger charge is -2.04. The summed E-state index contributed by atoms with van der Waals surface area (Å²) < 4.78 is 2.03. The third-order valence-corrected chi connectivity index (χ3v) is 2.59. The third kappa shape index (κ3) is 4.02. The molecule has 0 saturated carbocycles. The SMILES string of the molecule is CC.CC.Cc1ccc(-c2nccn2C)cc1C. The predicted molar refractivity (Wildman–Crippen MR) is 80.8 cm³/mol. The second-order valence-corrected chi connectivity index (χ2v) is 3.66. The summed E-state index contributed by atoms with van der Waals surface area (Å²) in [5.41, 5.74) is 3.81. The molecule has 0 spiro atoms. The maximum Gasteiger partial charge on any atom is 0.139 e. The molecule has 0 fully saturated rings. The average molecular weight is 246 g/mol. The van der Waals surface area contributed by atoms with Crippen LogP contribution in [0.5, 0.6) is 0 Å². The molecule has 0 aliphatic heterocycles. The quantitative estimate of drug-likeness (QED) is 0.709. The second kappa shape index (κ2) is 8.51. The molecule has 100 valence electrons. The molecule has 18 heavy (non-hydrogen) atoms. The molecule has 1 aromatic heterocycles. The summed E-state index contributed by atoms with van der Waals surface area (Å²) in [5.74, 6) is 1.02. The van der Waals surface area contributed by atoms with Crippen LogP contribution in [0.15, 0.2) is 30.6 Å². The van der Waals surface area contributed by atoms with Gasteiger partial charge in [-0.25, -0.2) is 4.98 Å². The van der Waals surface area contributed by atoms with Gasteiger partial charge in [0.15, 0.2) is 0 Å². The van der Waals surface area contributed by atoms with E-state index < -0.39 is 0 Å². The van der Waals surface area contributed by atoms with Crippen LogP contribution in [0.3, 0.4) is 0 Å². The molecule has 0 bridgehead atoms. The highest BCUT2D eigenvalue weighted by Crippen LogP contribution is 2.19. The largest absolute Gasteiger partial charge is 0.334 e. The first kappa shape index (κ1) is 16.4. The average Bonchev–Trinajstić information content (AvgIpc) is 2.84. The van der Waals surface area contributed by atoms with E-state index in [1.165, 1.54) is 16.7 Å². The topological polar surface area (TPSA) is 17.8 Å². The van der Waals surface area contributed by atoms with Gasteiger partial charge in [0, 0.05) is 25.0 Å². The summed E-state index contributed by atoms with van der Waals surface area (Å²) in [4.78, 5) is 4.32. The van der Waals surface area contributed by atoms with Gasteiger partial charge in [0.05, 0.1) is 0 Å². The van der Waals surface area contributed by atoms with Crippen LogP contribution in [0.4, 0.5) is 0 Å². The Morgan fingerprint density at radius 3 is 2.00 bits per heavy atom. The summed E-state index contributed by atoms with van der Waals surface area (Å²) >= 11 is 0. The van der Waals surface area contributed by atoms with Crippen LogP contribution in [0.1, 0.15) is 38.8 Å². The zero-order valence-electron chi connectivity index (χ0n) is 12.8. The van der Waals surface area contributed by atoms with Crippen LogP contribution >= 0.6 is 0 Å². The number of hydrogen-bond acceptors (Lipinski definition) is 1. The van der Waals surface area contributed by atoms with Gasteiger partial charge in [0.1, 0.15) is 5.82 Å². The molecule has 0 saturated heterocycles. The van der Waals surface area contributed by atoms with Crippen LogP contribution < -0.4 is 0 Å². The van der Waals surface area contributed by atoms with E-state index in [1.807, 2.05) is 51.7 Å². The molecule has 2 nitrogen and oxygen atoms in total. The molecule has 2 aromatic rings. The van der Waals surface area contributed by atoms with E-state index in [4.69, 9.17) is 0 Å². The van der Waals surface area contributed by atoms with E-state index in [9.17, 15) is 0 Å². The molecule has 0 aliphatic rings. The Bertz CT molecular complexity index is 456. The fourth-order valence-electron chi connectivity index (χ4n) is 1.52. The van der Waals surface area contributed by atoms with Crippen LogP contribution in [0, 0.1) is 13.8 Å². The Morgan fingerprint density at radius 2 is 1.56 bits per heavy atom. The minimum Gasteiger partial charge on any atom is -0.334 e. The van der Waals surface area contributed by atoms with Crippen molar-refractivity contribution in [3.05, 3.63) is 41.7 Å². The summed E-state index contributed by atoms with van der Waals surface area (Å²) in [6.45, 7) is 12.2. The summed E-state index contributed by atoms with van der Waals surface area (Å²) in [7, 11) is 2.01. The number of imidazole rings is 1. The van der Waals surface area contributed by atoms with Crippen molar-refractivity contribution in [1.82, 2.24) is 9.55 Å². The van der Waals surface area contributed by atoms with Gasteiger partial charge in [-0.05, 0) is 31.0 Å². The van der Waals surface area contributed by atoms with E-state index in [2.05, 4.69) is 37.0 Å². The van der Waals surface area contributed by atoms with Gasteiger partial charge in [0.2, 0.25) is 0 Å². The van der Waals surface area contributed by atoms with Crippen molar-refractivity contribution in [2.24, 2.45) is 7.05 Å². The fourth-order valence-corrected chi connectivity index (χ4v) is 1.52. The van der Waals surface area contributed by atoms with Crippen molar-refractivity contribution in [2.45, 2.75) is 41.5 Å². The number of nitrogens with zero attached hydrogens (tertiary/aromatic N) is 2. The number of benzene rings is 1. The van der Waals surface area contributed by atoms with Crippen LogP contribution in [-0.4, -0.2) is 9.55 Å². The summed E-state index contributed by atoms with van der Waals surface area (Å²) in [5, 5.41) is 0. The lowest BCUT2D eigenvalue weighted by atomic mass is 10.1. The minimum atomic E-state index is 1.02. The Morgan fingerprint density at radius 1 is 0.944 bits per heavy atom. The van der Waals surface area contributed by atoms with Gasteiger partial charge >= 0.3 is 0 Å². The van der Waals surface area contributed by atoms with Gasteiger partial charge in [-0.1, -0.05) is 39.8 Å². The molecule has 0 atom stereocenters. The van der Waals surface area contributed by atoms with Crippen molar-refractivity contribution in [1.29, 1.82) is 0 Å². The highest BCUT2D eigenvalue weighted by Gasteiger charge is 2.03. The molecule has 0 radical (unpaired) electrons. The van der Waals surface area contributed by atoms with E-state index >= 15 is 0 Å². The van der Waals surface area contributed by atoms with Crippen LogP contribution in [0.2, 0.25) is 0 Å². The monoisotopic (exact) mass is 246 g/mol. The molecule has 0 aliphatic carbocycles. The Hall–Kier alpha value is -1.57. The number of aromatic nitrogens is 2. The Labute approximate surface area is 112 Å². The molecule has 2 heteroatoms. The van der Waals surface area contributed by atoms with Gasteiger partial charge in [-0.2, -0.15) is 0 Å². The smallest absolute Gasteiger partial charge is 0.139 e. The molecule has 2 rings (SSSR count). The van der Waals surface area contributed by atoms with Gasteiger partial charge in [-0.3, -0.25) is 0 Å². The first-order valence-electron chi connectivity index (χ1n) is 6.73. The fraction of sp³-hybridized carbons (Fsp3) is 0.438. The maximum absolute atomic E-state index is 4.32. The standard InChI is InChI=1S/C12H14N2.2C2H6/c1-9-4-5-11(8-10(9)2)12-13-6-7-14(12)3;2*1-2/h4-8H,1-3H3;2*1-2H3. The molecule has 1 aromatic carbocycles. The molecular formula is C16H26N2. The molecule has 0 unspecified atom stereocenters. The minimum absolute atomic E-state index is 1.02. The zero-order chi connectivity index (χ0) is 14.1. The number of hydrogen-bond donors (Lipinski definition) is 0. The van der Waals surface area contributed by atoms with Crippen molar-refractivity contribution in [3.63, 3.8) is 0 Å². The van der Waals surface area contributed by atoms with Gasteiger partial charge < -0.3 is 4.57 Å². The molecular weight excluding hydrogens is 220 g/mol. The summed E-state index contributed by atoms with van der Waals surface area (Å²) in [6.07, 6.45) is 3.79.